The zero-order valence-electron chi connectivity index (χ0n) is 9.79. The number of thiazole rings is 1. The summed E-state index contributed by atoms with van der Waals surface area (Å²) in [7, 11) is -3.81. The lowest BCUT2D eigenvalue weighted by atomic mass is 10.2. The standard InChI is InChI=1S/C10H7N5O3S2/c11-15-14-9(16)8-5-19-10(13-8)6-2-1-3-7(4-6)20(12,17)18/h1-5H,(H2,12,17,18). The van der Waals surface area contributed by atoms with E-state index >= 15 is 0 Å². The zero-order chi connectivity index (χ0) is 14.8. The van der Waals surface area contributed by atoms with Crippen LogP contribution < -0.4 is 5.14 Å². The lowest BCUT2D eigenvalue weighted by Gasteiger charge is -2.00. The van der Waals surface area contributed by atoms with Crippen LogP contribution in [0.5, 0.6) is 0 Å². The van der Waals surface area contributed by atoms with Gasteiger partial charge in [0.2, 0.25) is 10.0 Å². The third-order valence-electron chi connectivity index (χ3n) is 2.27. The average molecular weight is 309 g/mol. The van der Waals surface area contributed by atoms with E-state index in [-0.39, 0.29) is 10.6 Å². The minimum Gasteiger partial charge on any atom is -0.285 e. The Morgan fingerprint density at radius 1 is 1.45 bits per heavy atom. The van der Waals surface area contributed by atoms with Gasteiger partial charge in [-0.2, -0.15) is 0 Å². The number of sulfonamides is 1. The smallest absolute Gasteiger partial charge is 0.268 e. The molecule has 20 heavy (non-hydrogen) atoms. The molecule has 1 aromatic heterocycles. The Kier molecular flexibility index (Phi) is 3.81. The van der Waals surface area contributed by atoms with Gasteiger partial charge in [0, 0.05) is 15.9 Å². The normalized spacial score (nSPS) is 10.8. The minimum absolute atomic E-state index is 0.00353. The predicted octanol–water partition coefficient (Wildman–Crippen LogP) is 1.91. The highest BCUT2D eigenvalue weighted by molar-refractivity contribution is 7.89. The fourth-order valence-corrected chi connectivity index (χ4v) is 2.75. The van der Waals surface area contributed by atoms with Crippen LogP contribution in [0.25, 0.3) is 21.0 Å². The van der Waals surface area contributed by atoms with Gasteiger partial charge in [-0.05, 0) is 22.8 Å². The third-order valence-corrected chi connectivity index (χ3v) is 4.07. The Hall–Kier alpha value is -2.26. The number of rotatable bonds is 3. The van der Waals surface area contributed by atoms with Gasteiger partial charge < -0.3 is 0 Å². The summed E-state index contributed by atoms with van der Waals surface area (Å²) in [5.74, 6) is -0.794. The number of aromatic nitrogens is 1. The van der Waals surface area contributed by atoms with Crippen LogP contribution in [0.15, 0.2) is 39.7 Å². The van der Waals surface area contributed by atoms with Crippen LogP contribution >= 0.6 is 11.3 Å². The topological polar surface area (TPSA) is 139 Å². The number of hydrogen-bond acceptors (Lipinski definition) is 5. The quantitative estimate of drug-likeness (QED) is 0.525. The van der Waals surface area contributed by atoms with Crippen LogP contribution in [-0.2, 0) is 10.0 Å². The van der Waals surface area contributed by atoms with Crippen molar-refractivity contribution in [3.8, 4) is 10.6 Å². The molecule has 0 bridgehead atoms. The average Bonchev–Trinajstić information content (AvgIpc) is 2.88. The molecule has 8 nitrogen and oxygen atoms in total. The van der Waals surface area contributed by atoms with E-state index in [0.29, 0.717) is 10.6 Å². The van der Waals surface area contributed by atoms with E-state index in [1.165, 1.54) is 23.6 Å². The first kappa shape index (κ1) is 14.2. The number of azide groups is 1. The van der Waals surface area contributed by atoms with Crippen molar-refractivity contribution < 1.29 is 13.2 Å². The fraction of sp³-hybridized carbons (Fsp3) is 0. The molecule has 0 aliphatic rings. The highest BCUT2D eigenvalue weighted by Gasteiger charge is 2.13. The van der Waals surface area contributed by atoms with Crippen LogP contribution in [0.2, 0.25) is 0 Å². The predicted molar refractivity (Wildman–Crippen MR) is 72.4 cm³/mol. The van der Waals surface area contributed by atoms with Crippen molar-refractivity contribution >= 4 is 27.3 Å². The Balaban J connectivity index is 2.43. The van der Waals surface area contributed by atoms with Gasteiger partial charge >= 0.3 is 0 Å². The summed E-state index contributed by atoms with van der Waals surface area (Å²) in [5, 5.41) is 9.82. The monoisotopic (exact) mass is 309 g/mol. The van der Waals surface area contributed by atoms with Crippen LogP contribution in [-0.4, -0.2) is 19.3 Å². The van der Waals surface area contributed by atoms with Gasteiger partial charge in [-0.3, -0.25) is 4.79 Å². The van der Waals surface area contributed by atoms with Crippen molar-refractivity contribution in [3.05, 3.63) is 45.8 Å². The number of benzene rings is 1. The molecule has 0 aliphatic carbocycles. The molecule has 10 heteroatoms. The Morgan fingerprint density at radius 2 is 2.20 bits per heavy atom. The van der Waals surface area contributed by atoms with E-state index < -0.39 is 15.9 Å². The summed E-state index contributed by atoms with van der Waals surface area (Å²) in [6.45, 7) is 0. The highest BCUT2D eigenvalue weighted by atomic mass is 32.2. The molecule has 0 fully saturated rings. The van der Waals surface area contributed by atoms with Gasteiger partial charge in [0.1, 0.15) is 10.7 Å². The molecular formula is C10H7N5O3S2. The molecule has 0 atom stereocenters. The van der Waals surface area contributed by atoms with Gasteiger partial charge in [-0.15, -0.1) is 11.3 Å². The Bertz CT molecular complexity index is 821. The number of nitrogens with two attached hydrogens (primary N) is 1. The van der Waals surface area contributed by atoms with E-state index in [2.05, 4.69) is 15.0 Å². The van der Waals surface area contributed by atoms with Gasteiger partial charge in [-0.25, -0.2) is 18.5 Å². The summed E-state index contributed by atoms with van der Waals surface area (Å²) in [6.07, 6.45) is 0. The number of carbonyl (C=O) groups excluding carboxylic acids is 1. The molecule has 2 rings (SSSR count). The maximum absolute atomic E-state index is 11.3. The molecule has 102 valence electrons. The van der Waals surface area contributed by atoms with Gasteiger partial charge in [0.25, 0.3) is 5.91 Å². The number of primary sulfonamides is 1. The Labute approximate surface area is 117 Å². The van der Waals surface area contributed by atoms with Crippen molar-refractivity contribution in [2.45, 2.75) is 4.90 Å². The minimum atomic E-state index is -3.81. The van der Waals surface area contributed by atoms with Gasteiger partial charge in [-0.1, -0.05) is 12.1 Å². The number of carbonyl (C=O) groups is 1. The van der Waals surface area contributed by atoms with Crippen molar-refractivity contribution in [1.82, 2.24) is 4.98 Å². The molecule has 0 radical (unpaired) electrons. The van der Waals surface area contributed by atoms with E-state index in [9.17, 15) is 13.2 Å². The first-order valence-electron chi connectivity index (χ1n) is 5.10. The summed E-state index contributed by atoms with van der Waals surface area (Å²) in [6, 6.07) is 5.87. The van der Waals surface area contributed by atoms with Crippen molar-refractivity contribution in [3.63, 3.8) is 0 Å². The summed E-state index contributed by atoms with van der Waals surface area (Å²) in [4.78, 5) is 17.7. The van der Waals surface area contributed by atoms with Crippen LogP contribution in [0.1, 0.15) is 10.5 Å². The van der Waals surface area contributed by atoms with Crippen LogP contribution in [0.4, 0.5) is 0 Å². The second-order valence-corrected chi connectivity index (χ2v) is 6.02. The van der Waals surface area contributed by atoms with E-state index in [1.807, 2.05) is 0 Å². The molecule has 2 aromatic rings. The molecule has 2 N–H and O–H groups in total. The Morgan fingerprint density at radius 3 is 2.85 bits per heavy atom. The van der Waals surface area contributed by atoms with Crippen molar-refractivity contribution in [1.29, 1.82) is 0 Å². The first-order valence-corrected chi connectivity index (χ1v) is 7.52. The summed E-state index contributed by atoms with van der Waals surface area (Å²) < 4.78 is 22.5. The zero-order valence-corrected chi connectivity index (χ0v) is 11.4. The largest absolute Gasteiger partial charge is 0.285 e. The van der Waals surface area contributed by atoms with Crippen LogP contribution in [0.3, 0.4) is 0 Å². The molecule has 1 amide bonds. The molecule has 0 aliphatic heterocycles. The number of hydrogen-bond donors (Lipinski definition) is 1. The van der Waals surface area contributed by atoms with Crippen molar-refractivity contribution in [2.24, 2.45) is 10.3 Å². The molecule has 0 saturated heterocycles. The molecule has 1 heterocycles. The lowest BCUT2D eigenvalue weighted by molar-refractivity contribution is 0.0996. The van der Waals surface area contributed by atoms with Crippen LogP contribution in [0, 0.1) is 0 Å². The second kappa shape index (κ2) is 5.39. The van der Waals surface area contributed by atoms with Gasteiger partial charge in [0.05, 0.1) is 4.90 Å². The molecule has 0 unspecified atom stereocenters. The number of nitrogens with zero attached hydrogens (tertiary/aromatic N) is 4. The molecule has 1 aromatic carbocycles. The van der Waals surface area contributed by atoms with E-state index in [1.54, 1.807) is 6.07 Å². The number of amides is 1. The third kappa shape index (κ3) is 3.00. The second-order valence-electron chi connectivity index (χ2n) is 3.61. The molecular weight excluding hydrogens is 302 g/mol. The SMILES string of the molecule is [N-]=[N+]=NC(=O)c1csc(-c2cccc(S(N)(=O)=O)c2)n1. The fourth-order valence-electron chi connectivity index (χ4n) is 1.40. The summed E-state index contributed by atoms with van der Waals surface area (Å²) in [5.41, 5.74) is 8.69. The van der Waals surface area contributed by atoms with E-state index in [4.69, 9.17) is 10.7 Å². The molecule has 0 spiro atoms. The summed E-state index contributed by atoms with van der Waals surface area (Å²) >= 11 is 1.13. The highest BCUT2D eigenvalue weighted by Crippen LogP contribution is 2.25. The molecule has 0 saturated carbocycles. The van der Waals surface area contributed by atoms with Crippen molar-refractivity contribution in [2.75, 3.05) is 0 Å². The maximum atomic E-state index is 11.3. The van der Waals surface area contributed by atoms with E-state index in [0.717, 1.165) is 11.3 Å². The first-order chi connectivity index (χ1) is 9.41. The lowest BCUT2D eigenvalue weighted by Crippen LogP contribution is -2.11. The maximum Gasteiger partial charge on any atom is 0.268 e. The van der Waals surface area contributed by atoms with Gasteiger partial charge in [0.15, 0.2) is 0 Å².